The Labute approximate surface area is 154 Å². The molecule has 0 spiro atoms. The normalized spacial score (nSPS) is 12.0. The summed E-state index contributed by atoms with van der Waals surface area (Å²) in [5, 5.41) is 2.46. The van der Waals surface area contributed by atoms with Crippen LogP contribution in [0.1, 0.15) is 51.4 Å². The van der Waals surface area contributed by atoms with Crippen molar-refractivity contribution in [3.05, 3.63) is 29.8 Å². The van der Waals surface area contributed by atoms with Crippen LogP contribution in [0.2, 0.25) is 0 Å². The van der Waals surface area contributed by atoms with Gasteiger partial charge in [-0.15, -0.1) is 0 Å². The quantitative estimate of drug-likeness (QED) is 0.562. The zero-order valence-electron chi connectivity index (χ0n) is 16.0. The highest BCUT2D eigenvalue weighted by molar-refractivity contribution is 6.00. The van der Waals surface area contributed by atoms with Crippen LogP contribution >= 0.6 is 0 Å². The Hall–Kier alpha value is -2.57. The van der Waals surface area contributed by atoms with Crippen LogP contribution < -0.4 is 10.1 Å². The molecule has 1 N–H and O–H groups in total. The van der Waals surface area contributed by atoms with Gasteiger partial charge in [0.2, 0.25) is 5.78 Å². The third-order valence-corrected chi connectivity index (χ3v) is 3.12. The maximum absolute atomic E-state index is 12.3. The first-order chi connectivity index (χ1) is 12.1. The molecule has 1 aromatic rings. The minimum atomic E-state index is -0.915. The molecule has 1 rings (SSSR count). The Morgan fingerprint density at radius 3 is 2.27 bits per heavy atom. The first-order valence-corrected chi connectivity index (χ1v) is 8.55. The molecule has 7 nitrogen and oxygen atoms in total. The van der Waals surface area contributed by atoms with Crippen molar-refractivity contribution in [3.8, 4) is 5.75 Å². The first kappa shape index (κ1) is 21.5. The fourth-order valence-corrected chi connectivity index (χ4v) is 2.01. The molecule has 144 valence electrons. The van der Waals surface area contributed by atoms with Crippen molar-refractivity contribution in [1.29, 1.82) is 0 Å². The van der Waals surface area contributed by atoms with Gasteiger partial charge in [-0.1, -0.05) is 0 Å². The molecule has 0 heterocycles. The molecule has 0 bridgehead atoms. The van der Waals surface area contributed by atoms with Gasteiger partial charge in [0.15, 0.2) is 6.10 Å². The number of hydrogen-bond acceptors (Lipinski definition) is 6. The second-order valence-electron chi connectivity index (χ2n) is 6.63. The van der Waals surface area contributed by atoms with E-state index in [4.69, 9.17) is 14.2 Å². The van der Waals surface area contributed by atoms with Crippen LogP contribution in [0.15, 0.2) is 24.3 Å². The van der Waals surface area contributed by atoms with E-state index in [9.17, 15) is 14.4 Å². The van der Waals surface area contributed by atoms with Crippen LogP contribution in [0.4, 0.5) is 4.79 Å². The number of rotatable bonds is 8. The van der Waals surface area contributed by atoms with Crippen LogP contribution in [0.25, 0.3) is 0 Å². The highest BCUT2D eigenvalue weighted by atomic mass is 16.6. The van der Waals surface area contributed by atoms with Crippen molar-refractivity contribution in [2.24, 2.45) is 0 Å². The number of hydrogen-bond donors (Lipinski definition) is 1. The highest BCUT2D eigenvalue weighted by Gasteiger charge is 2.20. The van der Waals surface area contributed by atoms with Crippen molar-refractivity contribution in [2.45, 2.75) is 52.7 Å². The Kier molecular flexibility index (Phi) is 8.09. The molecule has 1 aromatic carbocycles. The number of carbonyl (C=O) groups excluding carboxylic acids is 3. The van der Waals surface area contributed by atoms with Crippen LogP contribution in [-0.2, 0) is 14.3 Å². The van der Waals surface area contributed by atoms with E-state index in [2.05, 4.69) is 5.32 Å². The number of ketones is 1. The third kappa shape index (κ3) is 8.00. The van der Waals surface area contributed by atoms with Crippen molar-refractivity contribution in [1.82, 2.24) is 5.32 Å². The van der Waals surface area contributed by atoms with Crippen LogP contribution in [0, 0.1) is 0 Å². The van der Waals surface area contributed by atoms with Crippen molar-refractivity contribution in [3.63, 3.8) is 0 Å². The zero-order chi connectivity index (χ0) is 19.7. The summed E-state index contributed by atoms with van der Waals surface area (Å²) in [5.41, 5.74) is -0.177. The van der Waals surface area contributed by atoms with Crippen LogP contribution in [0.5, 0.6) is 5.75 Å². The topological polar surface area (TPSA) is 90.9 Å². The Morgan fingerprint density at radius 2 is 1.73 bits per heavy atom. The lowest BCUT2D eigenvalue weighted by atomic mass is 10.1. The maximum Gasteiger partial charge on any atom is 0.407 e. The van der Waals surface area contributed by atoms with E-state index >= 15 is 0 Å². The van der Waals surface area contributed by atoms with Gasteiger partial charge in [0.05, 0.1) is 13.0 Å². The van der Waals surface area contributed by atoms with E-state index in [-0.39, 0.29) is 18.7 Å². The number of nitrogens with one attached hydrogen (secondary N) is 1. The van der Waals surface area contributed by atoms with Gasteiger partial charge in [-0.25, -0.2) is 4.79 Å². The smallest absolute Gasteiger partial charge is 0.407 e. The molecule has 0 saturated heterocycles. The molecule has 0 unspecified atom stereocenters. The Bertz CT molecular complexity index is 618. The second-order valence-corrected chi connectivity index (χ2v) is 6.63. The maximum atomic E-state index is 12.3. The fraction of sp³-hybridized carbons (Fsp3) is 0.526. The van der Waals surface area contributed by atoms with E-state index in [1.165, 1.54) is 6.92 Å². The second kappa shape index (κ2) is 9.79. The van der Waals surface area contributed by atoms with Gasteiger partial charge >= 0.3 is 12.1 Å². The summed E-state index contributed by atoms with van der Waals surface area (Å²) < 4.78 is 15.5. The number of esters is 1. The molecule has 1 atom stereocenters. The van der Waals surface area contributed by atoms with Crippen molar-refractivity contribution < 1.29 is 28.6 Å². The van der Waals surface area contributed by atoms with E-state index in [0.717, 1.165) is 0 Å². The molecule has 0 aliphatic carbocycles. The summed E-state index contributed by atoms with van der Waals surface area (Å²) in [6, 6.07) is 6.63. The number of Topliss-reactive ketones (excluding diaryl/α,β-unsaturated/α-hetero) is 1. The minimum Gasteiger partial charge on any atom is -0.494 e. The molecule has 0 aliphatic rings. The molecule has 0 fully saturated rings. The van der Waals surface area contributed by atoms with Gasteiger partial charge < -0.3 is 19.5 Å². The molecule has 7 heteroatoms. The molecular formula is C19H27NO6. The molecule has 26 heavy (non-hydrogen) atoms. The number of amides is 1. The average Bonchev–Trinajstić information content (AvgIpc) is 2.53. The minimum absolute atomic E-state index is 0.0554. The van der Waals surface area contributed by atoms with Crippen molar-refractivity contribution >= 4 is 17.8 Å². The standard InChI is InChI=1S/C19H27NO6/c1-6-24-15-9-7-14(8-10-15)17(22)13(2)25-16(21)11-12-20-18(23)26-19(3,4)5/h7-10,13H,6,11-12H2,1-5H3,(H,20,23)/t13-/m0/s1. The molecular weight excluding hydrogens is 338 g/mol. The summed E-state index contributed by atoms with van der Waals surface area (Å²) in [6.07, 6.45) is -1.58. The van der Waals surface area contributed by atoms with Crippen LogP contribution in [0.3, 0.4) is 0 Å². The summed E-state index contributed by atoms with van der Waals surface area (Å²) in [5.74, 6) is -0.212. The predicted molar refractivity (Wildman–Crippen MR) is 96.3 cm³/mol. The van der Waals surface area contributed by atoms with Gasteiger partial charge in [0.1, 0.15) is 11.4 Å². The number of benzene rings is 1. The summed E-state index contributed by atoms with van der Waals surface area (Å²) in [6.45, 7) is 9.23. The Morgan fingerprint density at radius 1 is 1.12 bits per heavy atom. The van der Waals surface area contributed by atoms with Crippen LogP contribution in [-0.4, -0.2) is 42.7 Å². The summed E-state index contributed by atoms with van der Waals surface area (Å²) in [4.78, 5) is 35.6. The van der Waals surface area contributed by atoms with E-state index in [0.29, 0.717) is 17.9 Å². The van der Waals surface area contributed by atoms with E-state index in [1.54, 1.807) is 45.0 Å². The van der Waals surface area contributed by atoms with Gasteiger partial charge in [-0.3, -0.25) is 9.59 Å². The lowest BCUT2D eigenvalue weighted by molar-refractivity contribution is -0.146. The SMILES string of the molecule is CCOc1ccc(C(=O)[C@H](C)OC(=O)CCNC(=O)OC(C)(C)C)cc1. The first-order valence-electron chi connectivity index (χ1n) is 8.55. The van der Waals surface area contributed by atoms with Gasteiger partial charge in [-0.05, 0) is 58.9 Å². The molecule has 0 radical (unpaired) electrons. The molecule has 0 saturated carbocycles. The summed E-state index contributed by atoms with van der Waals surface area (Å²) in [7, 11) is 0. The lowest BCUT2D eigenvalue weighted by Gasteiger charge is -2.19. The monoisotopic (exact) mass is 365 g/mol. The number of ether oxygens (including phenoxy) is 3. The molecule has 0 aliphatic heterocycles. The largest absolute Gasteiger partial charge is 0.494 e. The van der Waals surface area contributed by atoms with Gasteiger partial charge in [0.25, 0.3) is 0 Å². The fourth-order valence-electron chi connectivity index (χ4n) is 2.01. The van der Waals surface area contributed by atoms with Crippen molar-refractivity contribution in [2.75, 3.05) is 13.2 Å². The third-order valence-electron chi connectivity index (χ3n) is 3.12. The molecule has 1 amide bonds. The molecule has 0 aromatic heterocycles. The lowest BCUT2D eigenvalue weighted by Crippen LogP contribution is -2.34. The van der Waals surface area contributed by atoms with Gasteiger partial charge in [-0.2, -0.15) is 0 Å². The van der Waals surface area contributed by atoms with E-state index < -0.39 is 23.8 Å². The van der Waals surface area contributed by atoms with Gasteiger partial charge in [0, 0.05) is 12.1 Å². The summed E-state index contributed by atoms with van der Waals surface area (Å²) >= 11 is 0. The number of alkyl carbamates (subject to hydrolysis) is 1. The highest BCUT2D eigenvalue weighted by Crippen LogP contribution is 2.14. The average molecular weight is 365 g/mol. The number of carbonyl (C=O) groups is 3. The predicted octanol–water partition coefficient (Wildman–Crippen LogP) is 3.11. The Balaban J connectivity index is 2.41. The zero-order valence-corrected chi connectivity index (χ0v) is 16.0. The van der Waals surface area contributed by atoms with E-state index in [1.807, 2.05) is 6.92 Å².